The van der Waals surface area contributed by atoms with Gasteiger partial charge in [0.05, 0.1) is 17.2 Å². The summed E-state index contributed by atoms with van der Waals surface area (Å²) in [5.74, 6) is -0.603. The number of benzene rings is 1. The van der Waals surface area contributed by atoms with E-state index in [1.54, 1.807) is 18.2 Å². The van der Waals surface area contributed by atoms with Gasteiger partial charge in [0.25, 0.3) is 11.8 Å². The van der Waals surface area contributed by atoms with Crippen molar-refractivity contribution in [3.63, 3.8) is 0 Å². The van der Waals surface area contributed by atoms with Gasteiger partial charge in [0.2, 0.25) is 0 Å². The number of hydrogen-bond donors (Lipinski definition) is 0. The molecule has 2 amide bonds. The number of imide groups is 1. The number of hydrogen-bond acceptors (Lipinski definition) is 5. The molecule has 6 nitrogen and oxygen atoms in total. The molecule has 0 radical (unpaired) electrons. The van der Waals surface area contributed by atoms with E-state index in [0.717, 1.165) is 17.5 Å². The fourth-order valence-corrected chi connectivity index (χ4v) is 4.93. The average Bonchev–Trinajstić information content (AvgIpc) is 3.17. The van der Waals surface area contributed by atoms with E-state index in [1.165, 1.54) is 4.90 Å². The number of carbonyl (C=O) groups excluding carboxylic acids is 3. The number of halogens is 1. The van der Waals surface area contributed by atoms with Gasteiger partial charge in [-0.2, -0.15) is 0 Å². The van der Waals surface area contributed by atoms with E-state index in [1.807, 2.05) is 0 Å². The highest BCUT2D eigenvalue weighted by molar-refractivity contribution is 9.10. The molecule has 0 aromatic heterocycles. The molecule has 27 heavy (non-hydrogen) atoms. The molecule has 3 aliphatic rings. The zero-order valence-electron chi connectivity index (χ0n) is 15.4. The Morgan fingerprint density at radius 3 is 2.81 bits per heavy atom. The van der Waals surface area contributed by atoms with Crippen LogP contribution in [0.1, 0.15) is 53.8 Å². The van der Waals surface area contributed by atoms with Crippen molar-refractivity contribution >= 4 is 33.7 Å². The molecular formula is C20H22BrNO5. The summed E-state index contributed by atoms with van der Waals surface area (Å²) >= 11 is 3.32. The van der Waals surface area contributed by atoms with Crippen molar-refractivity contribution in [2.75, 3.05) is 13.2 Å². The van der Waals surface area contributed by atoms with Crippen LogP contribution in [0.5, 0.6) is 0 Å². The van der Waals surface area contributed by atoms with Crippen molar-refractivity contribution in [2.24, 2.45) is 11.3 Å². The molecule has 3 atom stereocenters. The number of carbonyl (C=O) groups is 3. The second kappa shape index (κ2) is 6.71. The highest BCUT2D eigenvalue weighted by Gasteiger charge is 2.61. The molecule has 2 aliphatic heterocycles. The monoisotopic (exact) mass is 435 g/mol. The molecule has 1 saturated carbocycles. The molecule has 3 unspecified atom stereocenters. The fourth-order valence-electron chi connectivity index (χ4n) is 4.57. The largest absolute Gasteiger partial charge is 0.461 e. The molecule has 1 aromatic carbocycles. The molecular weight excluding hydrogens is 414 g/mol. The van der Waals surface area contributed by atoms with Crippen molar-refractivity contribution < 1.29 is 23.9 Å². The predicted molar refractivity (Wildman–Crippen MR) is 100 cm³/mol. The summed E-state index contributed by atoms with van der Waals surface area (Å²) in [5, 5.41) is 0. The van der Waals surface area contributed by atoms with Gasteiger partial charge in [-0.15, -0.1) is 0 Å². The van der Waals surface area contributed by atoms with Gasteiger partial charge < -0.3 is 9.47 Å². The minimum absolute atomic E-state index is 0.117. The van der Waals surface area contributed by atoms with Gasteiger partial charge in [0.1, 0.15) is 6.10 Å². The Morgan fingerprint density at radius 2 is 2.04 bits per heavy atom. The van der Waals surface area contributed by atoms with Crippen LogP contribution in [-0.4, -0.2) is 48.0 Å². The van der Waals surface area contributed by atoms with E-state index in [4.69, 9.17) is 9.47 Å². The van der Waals surface area contributed by atoms with E-state index >= 15 is 0 Å². The third kappa shape index (κ3) is 3.01. The normalized spacial score (nSPS) is 28.0. The van der Waals surface area contributed by atoms with Crippen molar-refractivity contribution in [2.45, 2.75) is 45.3 Å². The lowest BCUT2D eigenvalue weighted by atomic mass is 9.59. The number of nitrogens with zero attached hydrogens (tertiary/aromatic N) is 1. The number of ether oxygens (including phenoxy) is 2. The maximum absolute atomic E-state index is 12.4. The quantitative estimate of drug-likeness (QED) is 0.524. The third-order valence-electron chi connectivity index (χ3n) is 5.95. The van der Waals surface area contributed by atoms with Gasteiger partial charge in [0, 0.05) is 35.4 Å². The number of fused-ring (bicyclic) bond motifs is 2. The molecule has 2 heterocycles. The highest BCUT2D eigenvalue weighted by Crippen LogP contribution is 2.53. The first kappa shape index (κ1) is 18.6. The maximum Gasteiger partial charge on any atom is 0.306 e. The van der Waals surface area contributed by atoms with Crippen LogP contribution in [0.25, 0.3) is 0 Å². The molecule has 2 fully saturated rings. The first-order chi connectivity index (χ1) is 12.8. The van der Waals surface area contributed by atoms with E-state index < -0.39 is 0 Å². The van der Waals surface area contributed by atoms with Crippen LogP contribution in [0.15, 0.2) is 22.7 Å². The summed E-state index contributed by atoms with van der Waals surface area (Å²) in [5.41, 5.74) is 0.655. The SMILES string of the molecule is CC1(C)C2OCCC2C1OC(=O)CCCN1C(=O)c2ccc(Br)cc2C1=O. The molecule has 1 saturated heterocycles. The molecule has 0 N–H and O–H groups in total. The van der Waals surface area contributed by atoms with Crippen LogP contribution in [0.3, 0.4) is 0 Å². The van der Waals surface area contributed by atoms with Crippen LogP contribution >= 0.6 is 15.9 Å². The van der Waals surface area contributed by atoms with Crippen LogP contribution in [-0.2, 0) is 14.3 Å². The van der Waals surface area contributed by atoms with Crippen molar-refractivity contribution in [3.8, 4) is 0 Å². The van der Waals surface area contributed by atoms with Gasteiger partial charge in [-0.3, -0.25) is 19.3 Å². The lowest BCUT2D eigenvalue weighted by Crippen LogP contribution is -2.61. The van der Waals surface area contributed by atoms with Gasteiger partial charge in [-0.25, -0.2) is 0 Å². The maximum atomic E-state index is 12.4. The lowest BCUT2D eigenvalue weighted by Gasteiger charge is -2.53. The molecule has 1 aromatic rings. The lowest BCUT2D eigenvalue weighted by molar-refractivity contribution is -0.210. The zero-order valence-corrected chi connectivity index (χ0v) is 17.0. The Labute approximate surface area is 166 Å². The molecule has 0 bridgehead atoms. The Morgan fingerprint density at radius 1 is 1.30 bits per heavy atom. The van der Waals surface area contributed by atoms with Crippen molar-refractivity contribution in [3.05, 3.63) is 33.8 Å². The Kier molecular flexibility index (Phi) is 4.63. The second-order valence-corrected chi connectivity index (χ2v) is 8.95. The van der Waals surface area contributed by atoms with E-state index in [0.29, 0.717) is 23.5 Å². The van der Waals surface area contributed by atoms with E-state index in [9.17, 15) is 14.4 Å². The highest BCUT2D eigenvalue weighted by atomic mass is 79.9. The summed E-state index contributed by atoms with van der Waals surface area (Å²) in [4.78, 5) is 38.3. The summed E-state index contributed by atoms with van der Waals surface area (Å²) in [7, 11) is 0. The predicted octanol–water partition coefficient (Wildman–Crippen LogP) is 3.18. The minimum atomic E-state index is -0.310. The molecule has 1 aliphatic carbocycles. The summed E-state index contributed by atoms with van der Waals surface area (Å²) in [6.07, 6.45) is 1.56. The van der Waals surface area contributed by atoms with Gasteiger partial charge in [-0.1, -0.05) is 29.8 Å². The molecule has 4 rings (SSSR count). The standard InChI is InChI=1S/C20H22BrNO5/c1-20(2)16-13(7-9-26-16)17(20)27-15(23)4-3-8-22-18(24)12-6-5-11(21)10-14(12)19(22)25/h5-6,10,13,16-17H,3-4,7-9H2,1-2H3. The molecule has 0 spiro atoms. The van der Waals surface area contributed by atoms with E-state index in [-0.39, 0.29) is 48.4 Å². The van der Waals surface area contributed by atoms with Gasteiger partial charge in [-0.05, 0) is 31.0 Å². The van der Waals surface area contributed by atoms with Crippen LogP contribution in [0.4, 0.5) is 0 Å². The summed E-state index contributed by atoms with van der Waals surface area (Å²) in [6.45, 7) is 5.06. The summed E-state index contributed by atoms with van der Waals surface area (Å²) in [6, 6.07) is 5.04. The number of amides is 2. The third-order valence-corrected chi connectivity index (χ3v) is 6.44. The zero-order chi connectivity index (χ0) is 19.3. The summed E-state index contributed by atoms with van der Waals surface area (Å²) < 4.78 is 12.2. The Bertz CT molecular complexity index is 821. The Hall–Kier alpha value is -1.73. The first-order valence-electron chi connectivity index (χ1n) is 9.27. The van der Waals surface area contributed by atoms with Crippen LogP contribution in [0.2, 0.25) is 0 Å². The van der Waals surface area contributed by atoms with Crippen LogP contribution in [0, 0.1) is 11.3 Å². The second-order valence-electron chi connectivity index (χ2n) is 8.03. The van der Waals surface area contributed by atoms with Crippen LogP contribution < -0.4 is 0 Å². The smallest absolute Gasteiger partial charge is 0.306 e. The molecule has 144 valence electrons. The number of rotatable bonds is 5. The first-order valence-corrected chi connectivity index (χ1v) is 10.1. The fraction of sp³-hybridized carbons (Fsp3) is 0.550. The minimum Gasteiger partial charge on any atom is -0.461 e. The molecule has 7 heteroatoms. The van der Waals surface area contributed by atoms with Gasteiger partial charge in [0.15, 0.2) is 0 Å². The topological polar surface area (TPSA) is 72.9 Å². The average molecular weight is 436 g/mol. The number of esters is 1. The van der Waals surface area contributed by atoms with Gasteiger partial charge >= 0.3 is 5.97 Å². The van der Waals surface area contributed by atoms with Crippen molar-refractivity contribution in [1.82, 2.24) is 4.90 Å². The Balaban J connectivity index is 1.30. The van der Waals surface area contributed by atoms with Crippen molar-refractivity contribution in [1.29, 1.82) is 0 Å². The van der Waals surface area contributed by atoms with E-state index in [2.05, 4.69) is 29.8 Å².